The van der Waals surface area contributed by atoms with Crippen molar-refractivity contribution in [2.45, 2.75) is 44.0 Å². The summed E-state index contributed by atoms with van der Waals surface area (Å²) in [5.74, 6) is 0.570. The maximum Gasteiger partial charge on any atom is 0.243 e. The molecule has 1 aliphatic heterocycles. The maximum absolute atomic E-state index is 12.5. The number of piperidine rings is 1. The van der Waals surface area contributed by atoms with Gasteiger partial charge in [-0.1, -0.05) is 26.0 Å². The van der Waals surface area contributed by atoms with Gasteiger partial charge in [-0.3, -0.25) is 0 Å². The van der Waals surface area contributed by atoms with Crippen LogP contribution in [0.2, 0.25) is 0 Å². The molecule has 0 amide bonds. The van der Waals surface area contributed by atoms with Crippen molar-refractivity contribution in [1.29, 1.82) is 0 Å². The molecular weight excluding hydrogens is 308 g/mol. The van der Waals surface area contributed by atoms with Gasteiger partial charge >= 0.3 is 0 Å². The second-order valence-corrected chi connectivity index (χ2v) is 7.92. The zero-order chi connectivity index (χ0) is 14.8. The fourth-order valence-corrected chi connectivity index (χ4v) is 4.00. The molecule has 1 saturated heterocycles. The highest BCUT2D eigenvalue weighted by Gasteiger charge is 2.27. The molecule has 0 aromatic heterocycles. The number of nitrogens with zero attached hydrogens (tertiary/aromatic N) is 1. The quantitative estimate of drug-likeness (QED) is 0.921. The molecular formula is C15H25ClN2O2S. The van der Waals surface area contributed by atoms with Crippen molar-refractivity contribution in [1.82, 2.24) is 4.31 Å². The van der Waals surface area contributed by atoms with Crippen molar-refractivity contribution in [2.75, 3.05) is 13.1 Å². The zero-order valence-electron chi connectivity index (χ0n) is 12.7. The van der Waals surface area contributed by atoms with Crippen molar-refractivity contribution in [3.8, 4) is 0 Å². The summed E-state index contributed by atoms with van der Waals surface area (Å²) in [4.78, 5) is 0.389. The van der Waals surface area contributed by atoms with Gasteiger partial charge in [-0.2, -0.15) is 4.31 Å². The minimum absolute atomic E-state index is 0. The molecule has 0 aliphatic carbocycles. The number of halogens is 1. The van der Waals surface area contributed by atoms with Crippen molar-refractivity contribution in [3.05, 3.63) is 29.8 Å². The van der Waals surface area contributed by atoms with Gasteiger partial charge in [-0.15, -0.1) is 12.4 Å². The molecule has 1 heterocycles. The Morgan fingerprint density at radius 2 is 1.71 bits per heavy atom. The Kier molecular flexibility index (Phi) is 6.66. The van der Waals surface area contributed by atoms with E-state index in [-0.39, 0.29) is 18.4 Å². The maximum atomic E-state index is 12.5. The Morgan fingerprint density at radius 3 is 2.19 bits per heavy atom. The van der Waals surface area contributed by atoms with Crippen LogP contribution in [0.1, 0.15) is 32.3 Å². The van der Waals surface area contributed by atoms with Gasteiger partial charge in [0, 0.05) is 19.1 Å². The third-order valence-electron chi connectivity index (χ3n) is 3.70. The average molecular weight is 333 g/mol. The highest BCUT2D eigenvalue weighted by molar-refractivity contribution is 7.89. The number of rotatable bonds is 4. The van der Waals surface area contributed by atoms with Gasteiger partial charge in [-0.25, -0.2) is 8.42 Å². The highest BCUT2D eigenvalue weighted by atomic mass is 35.5. The normalized spacial score (nSPS) is 17.7. The molecule has 0 radical (unpaired) electrons. The predicted molar refractivity (Wildman–Crippen MR) is 88.2 cm³/mol. The van der Waals surface area contributed by atoms with E-state index in [0.29, 0.717) is 23.9 Å². The molecule has 0 bridgehead atoms. The fraction of sp³-hybridized carbons (Fsp3) is 0.600. The molecule has 1 aromatic rings. The van der Waals surface area contributed by atoms with Gasteiger partial charge < -0.3 is 5.73 Å². The molecule has 120 valence electrons. The van der Waals surface area contributed by atoms with Crippen LogP contribution in [0.15, 0.2) is 29.2 Å². The van der Waals surface area contributed by atoms with E-state index in [1.807, 2.05) is 12.1 Å². The molecule has 1 aliphatic rings. The summed E-state index contributed by atoms with van der Waals surface area (Å²) in [7, 11) is -3.35. The minimum atomic E-state index is -3.35. The van der Waals surface area contributed by atoms with Crippen molar-refractivity contribution in [2.24, 2.45) is 11.7 Å². The van der Waals surface area contributed by atoms with Crippen LogP contribution in [0.3, 0.4) is 0 Å². The molecule has 0 unspecified atom stereocenters. The van der Waals surface area contributed by atoms with Gasteiger partial charge in [0.05, 0.1) is 4.90 Å². The molecule has 2 rings (SSSR count). The summed E-state index contributed by atoms with van der Waals surface area (Å²) >= 11 is 0. The lowest BCUT2D eigenvalue weighted by atomic mass is 10.0. The number of nitrogens with two attached hydrogens (primary N) is 1. The molecule has 0 saturated carbocycles. The van der Waals surface area contributed by atoms with Crippen LogP contribution >= 0.6 is 12.4 Å². The van der Waals surface area contributed by atoms with Crippen LogP contribution in [-0.2, 0) is 16.4 Å². The largest absolute Gasteiger partial charge is 0.328 e. The average Bonchev–Trinajstić information content (AvgIpc) is 2.39. The number of benzene rings is 1. The second kappa shape index (κ2) is 7.58. The third-order valence-corrected chi connectivity index (χ3v) is 5.62. The van der Waals surface area contributed by atoms with E-state index in [1.54, 1.807) is 16.4 Å². The van der Waals surface area contributed by atoms with E-state index in [1.165, 1.54) is 5.56 Å². The highest BCUT2D eigenvalue weighted by Crippen LogP contribution is 2.21. The lowest BCUT2D eigenvalue weighted by Crippen LogP contribution is -2.42. The first-order valence-electron chi connectivity index (χ1n) is 7.24. The summed E-state index contributed by atoms with van der Waals surface area (Å²) in [6.45, 7) is 5.36. The van der Waals surface area contributed by atoms with E-state index < -0.39 is 10.0 Å². The van der Waals surface area contributed by atoms with Gasteiger partial charge in [-0.05, 0) is 42.9 Å². The van der Waals surface area contributed by atoms with Gasteiger partial charge in [0.2, 0.25) is 10.0 Å². The fourth-order valence-electron chi connectivity index (χ4n) is 2.53. The van der Waals surface area contributed by atoms with Crippen LogP contribution < -0.4 is 5.73 Å². The van der Waals surface area contributed by atoms with Crippen LogP contribution in [-0.4, -0.2) is 31.9 Å². The molecule has 1 fully saturated rings. The molecule has 1 aromatic carbocycles. The van der Waals surface area contributed by atoms with Gasteiger partial charge in [0.1, 0.15) is 0 Å². The number of hydrogen-bond donors (Lipinski definition) is 1. The summed E-state index contributed by atoms with van der Waals surface area (Å²) in [5.41, 5.74) is 7.00. The second-order valence-electron chi connectivity index (χ2n) is 5.98. The Morgan fingerprint density at radius 1 is 1.19 bits per heavy atom. The standard InChI is InChI=1S/C15H24N2O2S.ClH/c1-12(2)11-13-3-5-15(6-4-13)20(18,19)17-9-7-14(16)8-10-17;/h3-6,12,14H,7-11,16H2,1-2H3;1H. The third kappa shape index (κ3) is 4.68. The predicted octanol–water partition coefficient (Wildman–Crippen LogP) is 2.42. The van der Waals surface area contributed by atoms with Crippen molar-refractivity contribution < 1.29 is 8.42 Å². The Hall–Kier alpha value is -0.620. The van der Waals surface area contributed by atoms with Crippen molar-refractivity contribution >= 4 is 22.4 Å². The van der Waals surface area contributed by atoms with Crippen LogP contribution in [0.5, 0.6) is 0 Å². The van der Waals surface area contributed by atoms with E-state index in [4.69, 9.17) is 5.73 Å². The first-order valence-corrected chi connectivity index (χ1v) is 8.68. The summed E-state index contributed by atoms with van der Waals surface area (Å²) in [6.07, 6.45) is 2.45. The Labute approximate surface area is 134 Å². The number of hydrogen-bond acceptors (Lipinski definition) is 3. The van der Waals surface area contributed by atoms with Crippen LogP contribution in [0.4, 0.5) is 0 Å². The molecule has 2 N–H and O–H groups in total. The lowest BCUT2D eigenvalue weighted by molar-refractivity contribution is 0.320. The summed E-state index contributed by atoms with van der Waals surface area (Å²) in [6, 6.07) is 7.42. The minimum Gasteiger partial charge on any atom is -0.328 e. The molecule has 0 atom stereocenters. The monoisotopic (exact) mass is 332 g/mol. The zero-order valence-corrected chi connectivity index (χ0v) is 14.3. The summed E-state index contributed by atoms with van der Waals surface area (Å²) < 4.78 is 26.6. The molecule has 21 heavy (non-hydrogen) atoms. The Bertz CT molecular complexity index is 535. The Balaban J connectivity index is 0.00000220. The first-order chi connectivity index (χ1) is 9.39. The first kappa shape index (κ1) is 18.4. The molecule has 4 nitrogen and oxygen atoms in total. The van der Waals surface area contributed by atoms with Crippen LogP contribution in [0, 0.1) is 5.92 Å². The van der Waals surface area contributed by atoms with Gasteiger partial charge in [0.15, 0.2) is 0 Å². The SMILES string of the molecule is CC(C)Cc1ccc(S(=O)(=O)N2CCC(N)CC2)cc1.Cl. The molecule has 6 heteroatoms. The number of sulfonamides is 1. The van der Waals surface area contributed by atoms with Crippen molar-refractivity contribution in [3.63, 3.8) is 0 Å². The van der Waals surface area contributed by atoms with E-state index in [9.17, 15) is 8.42 Å². The smallest absolute Gasteiger partial charge is 0.243 e. The summed E-state index contributed by atoms with van der Waals surface area (Å²) in [5, 5.41) is 0. The van der Waals surface area contributed by atoms with E-state index in [0.717, 1.165) is 19.3 Å². The van der Waals surface area contributed by atoms with Gasteiger partial charge in [0.25, 0.3) is 0 Å². The lowest BCUT2D eigenvalue weighted by Gasteiger charge is -2.29. The molecule has 0 spiro atoms. The topological polar surface area (TPSA) is 63.4 Å². The van der Waals surface area contributed by atoms with Crippen LogP contribution in [0.25, 0.3) is 0 Å². The van der Waals surface area contributed by atoms with E-state index >= 15 is 0 Å². The van der Waals surface area contributed by atoms with E-state index in [2.05, 4.69) is 13.8 Å².